The molecular formula is C8H13N3O2S2. The fraction of sp³-hybridized carbons (Fsp3) is 0.750. The Labute approximate surface area is 96.8 Å². The summed E-state index contributed by atoms with van der Waals surface area (Å²) in [6, 6.07) is 0. The monoisotopic (exact) mass is 247 g/mol. The van der Waals surface area contributed by atoms with Gasteiger partial charge in [-0.25, -0.2) is 0 Å². The van der Waals surface area contributed by atoms with Crippen molar-refractivity contribution in [1.82, 2.24) is 10.2 Å². The van der Waals surface area contributed by atoms with Crippen molar-refractivity contribution in [2.24, 2.45) is 0 Å². The summed E-state index contributed by atoms with van der Waals surface area (Å²) in [5.41, 5.74) is -0.215. The molecule has 0 aromatic carbocycles. The van der Waals surface area contributed by atoms with Crippen molar-refractivity contribution in [2.75, 3.05) is 32.2 Å². The van der Waals surface area contributed by atoms with E-state index >= 15 is 0 Å². The van der Waals surface area contributed by atoms with Gasteiger partial charge in [0.15, 0.2) is 3.95 Å². The third kappa shape index (κ3) is 2.54. The van der Waals surface area contributed by atoms with Gasteiger partial charge in [-0.1, -0.05) is 11.3 Å². The van der Waals surface area contributed by atoms with E-state index in [0.29, 0.717) is 17.1 Å². The van der Waals surface area contributed by atoms with E-state index in [1.165, 1.54) is 11.3 Å². The number of aromatic nitrogens is 2. The Balaban J connectivity index is 1.94. The Morgan fingerprint density at radius 2 is 2.67 bits per heavy atom. The summed E-state index contributed by atoms with van der Waals surface area (Å²) in [6.07, 6.45) is 0.909. The molecule has 1 aromatic rings. The molecule has 0 aliphatic carbocycles. The summed E-state index contributed by atoms with van der Waals surface area (Å²) in [7, 11) is 1.71. The Hall–Kier alpha value is -0.500. The number of nitrogens with zero attached hydrogens (tertiary/aromatic N) is 1. The molecule has 15 heavy (non-hydrogen) atoms. The van der Waals surface area contributed by atoms with Crippen LogP contribution in [0.1, 0.15) is 6.42 Å². The lowest BCUT2D eigenvalue weighted by Gasteiger charge is -2.25. The third-order valence-corrected chi connectivity index (χ3v) is 3.55. The van der Waals surface area contributed by atoms with E-state index in [2.05, 4.69) is 15.5 Å². The fourth-order valence-electron chi connectivity index (χ4n) is 1.50. The largest absolute Gasteiger partial charge is 0.378 e. The maximum atomic E-state index is 5.48. The first-order valence-corrected chi connectivity index (χ1v) is 5.89. The second-order valence-corrected chi connectivity index (χ2v) is 5.13. The minimum Gasteiger partial charge on any atom is -0.378 e. The highest BCUT2D eigenvalue weighted by atomic mass is 32.1. The highest BCUT2D eigenvalue weighted by Gasteiger charge is 2.34. The number of ether oxygens (including phenoxy) is 2. The molecule has 0 saturated carbocycles. The van der Waals surface area contributed by atoms with Gasteiger partial charge >= 0.3 is 0 Å². The Morgan fingerprint density at radius 1 is 1.80 bits per heavy atom. The predicted molar refractivity (Wildman–Crippen MR) is 61.0 cm³/mol. The lowest BCUT2D eigenvalue weighted by molar-refractivity contribution is -0.00620. The van der Waals surface area contributed by atoms with Crippen LogP contribution in [-0.2, 0) is 9.47 Å². The molecule has 1 atom stereocenters. The van der Waals surface area contributed by atoms with Crippen LogP contribution < -0.4 is 5.32 Å². The van der Waals surface area contributed by atoms with Crippen LogP contribution in [-0.4, -0.2) is 42.7 Å². The smallest absolute Gasteiger partial charge is 0.204 e. The van der Waals surface area contributed by atoms with Crippen molar-refractivity contribution >= 4 is 28.7 Å². The summed E-state index contributed by atoms with van der Waals surface area (Å²) in [5, 5.41) is 10.7. The van der Waals surface area contributed by atoms with Crippen molar-refractivity contribution in [3.63, 3.8) is 0 Å². The van der Waals surface area contributed by atoms with Crippen molar-refractivity contribution in [2.45, 2.75) is 12.0 Å². The molecule has 2 rings (SSSR count). The number of hydrogen-bond acceptors (Lipinski definition) is 6. The number of aromatic amines is 1. The number of methoxy groups -OCH3 is 1. The second kappa shape index (κ2) is 4.56. The lowest BCUT2D eigenvalue weighted by atomic mass is 10.0. The van der Waals surface area contributed by atoms with Crippen LogP contribution in [0, 0.1) is 3.95 Å². The summed E-state index contributed by atoms with van der Waals surface area (Å²) in [5.74, 6) is 0. The molecule has 2 heterocycles. The SMILES string of the molecule is COC1(CNc2n[nH]c(=S)s2)CCOC1. The van der Waals surface area contributed by atoms with Gasteiger partial charge in [-0.2, -0.15) is 0 Å². The zero-order chi connectivity index (χ0) is 10.7. The van der Waals surface area contributed by atoms with Crippen molar-refractivity contribution in [1.29, 1.82) is 0 Å². The van der Waals surface area contributed by atoms with Gasteiger partial charge in [0.2, 0.25) is 5.13 Å². The fourth-order valence-corrected chi connectivity index (χ4v) is 2.29. The minimum atomic E-state index is -0.215. The molecule has 1 aromatic heterocycles. The predicted octanol–water partition coefficient (Wildman–Crippen LogP) is 1.42. The molecule has 5 nitrogen and oxygen atoms in total. The molecule has 7 heteroatoms. The zero-order valence-corrected chi connectivity index (χ0v) is 10.0. The Morgan fingerprint density at radius 3 is 3.20 bits per heavy atom. The van der Waals surface area contributed by atoms with Crippen LogP contribution in [0.2, 0.25) is 0 Å². The Kier molecular flexibility index (Phi) is 3.35. The first kappa shape index (κ1) is 11.0. The van der Waals surface area contributed by atoms with Crippen molar-refractivity contribution < 1.29 is 9.47 Å². The average molecular weight is 247 g/mol. The maximum absolute atomic E-state index is 5.48. The molecule has 1 saturated heterocycles. The standard InChI is InChI=1S/C8H13N3O2S2/c1-12-8(2-3-13-5-8)4-9-6-10-11-7(14)15-6/h2-5H2,1H3,(H,9,10)(H,11,14). The minimum absolute atomic E-state index is 0.215. The van der Waals surface area contributed by atoms with E-state index < -0.39 is 0 Å². The molecule has 0 bridgehead atoms. The zero-order valence-electron chi connectivity index (χ0n) is 8.41. The van der Waals surface area contributed by atoms with E-state index in [4.69, 9.17) is 21.7 Å². The summed E-state index contributed by atoms with van der Waals surface area (Å²) in [6.45, 7) is 2.08. The highest BCUT2D eigenvalue weighted by Crippen LogP contribution is 2.23. The van der Waals surface area contributed by atoms with Crippen LogP contribution in [0.5, 0.6) is 0 Å². The van der Waals surface area contributed by atoms with Crippen LogP contribution >= 0.6 is 23.6 Å². The number of H-pyrrole nitrogens is 1. The highest BCUT2D eigenvalue weighted by molar-refractivity contribution is 7.73. The number of nitrogens with one attached hydrogen (secondary N) is 2. The lowest BCUT2D eigenvalue weighted by Crippen LogP contribution is -2.39. The van der Waals surface area contributed by atoms with Gasteiger partial charge in [-0.3, -0.25) is 5.10 Å². The molecule has 1 aliphatic heterocycles. The first-order valence-electron chi connectivity index (χ1n) is 4.66. The number of hydrogen-bond donors (Lipinski definition) is 2. The van der Waals surface area contributed by atoms with Crippen molar-refractivity contribution in [3.8, 4) is 0 Å². The summed E-state index contributed by atoms with van der Waals surface area (Å²) < 4.78 is 11.5. The molecule has 0 spiro atoms. The van der Waals surface area contributed by atoms with Crippen molar-refractivity contribution in [3.05, 3.63) is 3.95 Å². The quantitative estimate of drug-likeness (QED) is 0.788. The Bertz CT molecular complexity index is 370. The van der Waals surface area contributed by atoms with Gasteiger partial charge < -0.3 is 14.8 Å². The third-order valence-electron chi connectivity index (χ3n) is 2.50. The molecule has 2 N–H and O–H groups in total. The van der Waals surface area contributed by atoms with Crippen LogP contribution in [0.15, 0.2) is 0 Å². The van der Waals surface area contributed by atoms with Gasteiger partial charge in [0.1, 0.15) is 5.60 Å². The van der Waals surface area contributed by atoms with Crippen LogP contribution in [0.25, 0.3) is 0 Å². The van der Waals surface area contributed by atoms with E-state index in [1.54, 1.807) is 7.11 Å². The van der Waals surface area contributed by atoms with Crippen LogP contribution in [0.3, 0.4) is 0 Å². The van der Waals surface area contributed by atoms with E-state index in [9.17, 15) is 0 Å². The molecule has 1 aliphatic rings. The van der Waals surface area contributed by atoms with Gasteiger partial charge in [0, 0.05) is 26.7 Å². The second-order valence-electron chi connectivity index (χ2n) is 3.46. The number of rotatable bonds is 4. The summed E-state index contributed by atoms with van der Waals surface area (Å²) >= 11 is 6.36. The molecule has 1 fully saturated rings. The molecule has 0 radical (unpaired) electrons. The van der Waals surface area contributed by atoms with Gasteiger partial charge in [-0.05, 0) is 12.2 Å². The topological polar surface area (TPSA) is 59.2 Å². The number of anilines is 1. The first-order chi connectivity index (χ1) is 7.24. The van der Waals surface area contributed by atoms with E-state index in [1.807, 2.05) is 0 Å². The maximum Gasteiger partial charge on any atom is 0.204 e. The summed E-state index contributed by atoms with van der Waals surface area (Å²) in [4.78, 5) is 0. The van der Waals surface area contributed by atoms with Gasteiger partial charge in [-0.15, -0.1) is 5.10 Å². The van der Waals surface area contributed by atoms with Crippen LogP contribution in [0.4, 0.5) is 5.13 Å². The molecular weight excluding hydrogens is 234 g/mol. The van der Waals surface area contributed by atoms with E-state index in [-0.39, 0.29) is 5.60 Å². The average Bonchev–Trinajstić information content (AvgIpc) is 2.85. The normalized spacial score (nSPS) is 25.7. The molecule has 84 valence electrons. The molecule has 0 amide bonds. The van der Waals surface area contributed by atoms with Gasteiger partial charge in [0.05, 0.1) is 6.61 Å². The molecule has 1 unspecified atom stereocenters. The van der Waals surface area contributed by atoms with E-state index in [0.717, 1.165) is 18.2 Å². The van der Waals surface area contributed by atoms with Gasteiger partial charge in [0.25, 0.3) is 0 Å².